The topological polar surface area (TPSA) is 45.2 Å². The van der Waals surface area contributed by atoms with Gasteiger partial charge in [-0.2, -0.15) is 0 Å². The van der Waals surface area contributed by atoms with Crippen LogP contribution in [0.4, 0.5) is 10.1 Å². The molecule has 1 aliphatic heterocycles. The van der Waals surface area contributed by atoms with Gasteiger partial charge < -0.3 is 5.32 Å². The predicted octanol–water partition coefficient (Wildman–Crippen LogP) is 2.93. The number of likely N-dealkylation sites (tertiary alicyclic amines) is 1. The summed E-state index contributed by atoms with van der Waals surface area (Å²) in [4.78, 5) is 18.5. The largest absolute Gasteiger partial charge is 0.325 e. The number of hydrogen-bond donors (Lipinski definition) is 1. The third kappa shape index (κ3) is 3.31. The summed E-state index contributed by atoms with van der Waals surface area (Å²) < 4.78 is 12.9. The number of nitrogens with zero attached hydrogens (tertiary/aromatic N) is 2. The van der Waals surface area contributed by atoms with Gasteiger partial charge in [0.25, 0.3) is 0 Å². The first-order valence-corrected chi connectivity index (χ1v) is 8.36. The van der Waals surface area contributed by atoms with E-state index in [-0.39, 0.29) is 11.7 Å². The molecule has 24 heavy (non-hydrogen) atoms. The Morgan fingerprint density at radius 3 is 2.62 bits per heavy atom. The van der Waals surface area contributed by atoms with Crippen LogP contribution in [-0.4, -0.2) is 28.9 Å². The highest BCUT2D eigenvalue weighted by Gasteiger charge is 2.55. The molecule has 1 aromatic heterocycles. The van der Waals surface area contributed by atoms with Crippen molar-refractivity contribution in [3.63, 3.8) is 0 Å². The molecule has 2 fully saturated rings. The fourth-order valence-electron chi connectivity index (χ4n) is 3.88. The lowest BCUT2D eigenvalue weighted by Gasteiger charge is -2.19. The molecule has 0 radical (unpaired) electrons. The Kier molecular flexibility index (Phi) is 4.02. The molecule has 4 nitrogen and oxygen atoms in total. The van der Waals surface area contributed by atoms with Gasteiger partial charge in [0.15, 0.2) is 0 Å². The number of carbonyl (C=O) groups excluding carboxylic acids is 1. The van der Waals surface area contributed by atoms with Crippen molar-refractivity contribution in [1.82, 2.24) is 9.88 Å². The number of pyridine rings is 1. The van der Waals surface area contributed by atoms with Crippen LogP contribution in [0.1, 0.15) is 12.0 Å². The Hall–Kier alpha value is -2.27. The van der Waals surface area contributed by atoms with Gasteiger partial charge in [0, 0.05) is 32.3 Å². The SMILES string of the molecule is O=C(CC1[C@H]2CN(Cc3ccc(F)cc3)C[C@@H]12)Nc1cccnc1. The molecule has 1 aromatic carbocycles. The van der Waals surface area contributed by atoms with Crippen molar-refractivity contribution in [2.45, 2.75) is 13.0 Å². The number of benzene rings is 1. The van der Waals surface area contributed by atoms with Crippen molar-refractivity contribution >= 4 is 11.6 Å². The summed E-state index contributed by atoms with van der Waals surface area (Å²) >= 11 is 0. The second-order valence-corrected chi connectivity index (χ2v) is 6.81. The number of anilines is 1. The lowest BCUT2D eigenvalue weighted by Crippen LogP contribution is -2.25. The van der Waals surface area contributed by atoms with Crippen LogP contribution < -0.4 is 5.32 Å². The van der Waals surface area contributed by atoms with Crippen molar-refractivity contribution in [3.05, 3.63) is 60.2 Å². The van der Waals surface area contributed by atoms with Crippen LogP contribution in [0.5, 0.6) is 0 Å². The first-order chi connectivity index (χ1) is 11.7. The normalized spacial score (nSPS) is 25.3. The fourth-order valence-corrected chi connectivity index (χ4v) is 3.88. The molecule has 1 amide bonds. The summed E-state index contributed by atoms with van der Waals surface area (Å²) in [5.41, 5.74) is 1.90. The van der Waals surface area contributed by atoms with Crippen LogP contribution in [0.3, 0.4) is 0 Å². The van der Waals surface area contributed by atoms with E-state index in [1.54, 1.807) is 12.4 Å². The smallest absolute Gasteiger partial charge is 0.224 e. The lowest BCUT2D eigenvalue weighted by molar-refractivity contribution is -0.116. The number of amides is 1. The number of fused-ring (bicyclic) bond motifs is 1. The van der Waals surface area contributed by atoms with E-state index in [1.807, 2.05) is 24.3 Å². The number of carbonyl (C=O) groups is 1. The minimum Gasteiger partial charge on any atom is -0.325 e. The minimum atomic E-state index is -0.192. The number of aromatic nitrogens is 1. The van der Waals surface area contributed by atoms with Gasteiger partial charge in [0.2, 0.25) is 5.91 Å². The maximum atomic E-state index is 12.9. The molecule has 0 spiro atoms. The van der Waals surface area contributed by atoms with Gasteiger partial charge in [-0.3, -0.25) is 14.7 Å². The van der Waals surface area contributed by atoms with E-state index in [2.05, 4.69) is 15.2 Å². The average molecular weight is 325 g/mol. The van der Waals surface area contributed by atoms with E-state index in [1.165, 1.54) is 12.1 Å². The van der Waals surface area contributed by atoms with Crippen LogP contribution in [0, 0.1) is 23.6 Å². The van der Waals surface area contributed by atoms with Crippen LogP contribution >= 0.6 is 0 Å². The van der Waals surface area contributed by atoms with Gasteiger partial charge in [0.05, 0.1) is 11.9 Å². The molecule has 1 saturated heterocycles. The quantitative estimate of drug-likeness (QED) is 0.919. The van der Waals surface area contributed by atoms with Crippen LogP contribution in [0.2, 0.25) is 0 Å². The minimum absolute atomic E-state index is 0.0764. The molecule has 1 unspecified atom stereocenters. The highest BCUT2D eigenvalue weighted by atomic mass is 19.1. The van der Waals surface area contributed by atoms with Crippen molar-refractivity contribution in [2.75, 3.05) is 18.4 Å². The summed E-state index contributed by atoms with van der Waals surface area (Å²) in [5, 5.41) is 2.91. The highest BCUT2D eigenvalue weighted by Crippen LogP contribution is 2.53. The van der Waals surface area contributed by atoms with Gasteiger partial charge in [-0.1, -0.05) is 12.1 Å². The van der Waals surface area contributed by atoms with E-state index in [4.69, 9.17) is 0 Å². The zero-order chi connectivity index (χ0) is 16.5. The zero-order valence-corrected chi connectivity index (χ0v) is 13.4. The summed E-state index contributed by atoms with van der Waals surface area (Å²) in [5.74, 6) is 1.65. The molecular weight excluding hydrogens is 305 g/mol. The van der Waals surface area contributed by atoms with Gasteiger partial charge in [-0.25, -0.2) is 4.39 Å². The van der Waals surface area contributed by atoms with E-state index >= 15 is 0 Å². The van der Waals surface area contributed by atoms with Crippen molar-refractivity contribution in [3.8, 4) is 0 Å². The number of halogens is 1. The Morgan fingerprint density at radius 1 is 1.21 bits per heavy atom. The van der Waals surface area contributed by atoms with Gasteiger partial charge >= 0.3 is 0 Å². The molecule has 124 valence electrons. The molecule has 5 heteroatoms. The second kappa shape index (κ2) is 6.32. The number of hydrogen-bond acceptors (Lipinski definition) is 3. The molecule has 4 rings (SSSR count). The molecule has 1 aliphatic carbocycles. The predicted molar refractivity (Wildman–Crippen MR) is 89.6 cm³/mol. The Balaban J connectivity index is 1.24. The van der Waals surface area contributed by atoms with Gasteiger partial charge in [-0.15, -0.1) is 0 Å². The third-order valence-electron chi connectivity index (χ3n) is 5.13. The molecule has 2 aliphatic rings. The first kappa shape index (κ1) is 15.3. The average Bonchev–Trinajstić information content (AvgIpc) is 3.02. The molecular formula is C19H20FN3O. The monoisotopic (exact) mass is 325 g/mol. The summed E-state index contributed by atoms with van der Waals surface area (Å²) in [6.45, 7) is 2.93. The van der Waals surface area contributed by atoms with Gasteiger partial charge in [-0.05, 0) is 47.6 Å². The van der Waals surface area contributed by atoms with Crippen molar-refractivity contribution in [2.24, 2.45) is 17.8 Å². The summed E-state index contributed by atoms with van der Waals surface area (Å²) in [6, 6.07) is 10.4. The zero-order valence-electron chi connectivity index (χ0n) is 13.4. The van der Waals surface area contributed by atoms with Crippen molar-refractivity contribution < 1.29 is 9.18 Å². The first-order valence-electron chi connectivity index (χ1n) is 8.36. The van der Waals surface area contributed by atoms with E-state index in [9.17, 15) is 9.18 Å². The van der Waals surface area contributed by atoms with E-state index in [0.29, 0.717) is 24.2 Å². The summed E-state index contributed by atoms with van der Waals surface area (Å²) in [7, 11) is 0. The Bertz CT molecular complexity index is 707. The second-order valence-electron chi connectivity index (χ2n) is 6.81. The molecule has 0 bridgehead atoms. The number of piperidine rings is 1. The number of rotatable bonds is 5. The number of nitrogens with one attached hydrogen (secondary N) is 1. The van der Waals surface area contributed by atoms with Crippen LogP contribution in [-0.2, 0) is 11.3 Å². The van der Waals surface area contributed by atoms with Crippen LogP contribution in [0.15, 0.2) is 48.8 Å². The molecule has 2 heterocycles. The fraction of sp³-hybridized carbons (Fsp3) is 0.368. The van der Waals surface area contributed by atoms with Gasteiger partial charge in [0.1, 0.15) is 5.82 Å². The Morgan fingerprint density at radius 2 is 1.96 bits per heavy atom. The maximum absolute atomic E-state index is 12.9. The Labute approximate surface area is 140 Å². The van der Waals surface area contributed by atoms with E-state index in [0.717, 1.165) is 30.9 Å². The molecule has 1 saturated carbocycles. The summed E-state index contributed by atoms with van der Waals surface area (Å²) in [6.07, 6.45) is 3.95. The highest BCUT2D eigenvalue weighted by molar-refractivity contribution is 5.90. The molecule has 1 N–H and O–H groups in total. The standard InChI is InChI=1S/C19H20FN3O/c20-14-5-3-13(4-6-14)10-23-11-17-16(18(17)12-23)8-19(24)22-15-2-1-7-21-9-15/h1-7,9,16-18H,8,10-12H2,(H,22,24)/t16?,17-,18+. The lowest BCUT2D eigenvalue weighted by atomic mass is 10.1. The molecule has 3 atom stereocenters. The van der Waals surface area contributed by atoms with E-state index < -0.39 is 0 Å². The van der Waals surface area contributed by atoms with Crippen LogP contribution in [0.25, 0.3) is 0 Å². The third-order valence-corrected chi connectivity index (χ3v) is 5.13. The van der Waals surface area contributed by atoms with Crippen molar-refractivity contribution in [1.29, 1.82) is 0 Å². The maximum Gasteiger partial charge on any atom is 0.224 e. The molecule has 2 aromatic rings.